The lowest BCUT2D eigenvalue weighted by atomic mass is 9.67. The van der Waals surface area contributed by atoms with Gasteiger partial charge in [0.05, 0.1) is 5.41 Å². The van der Waals surface area contributed by atoms with Gasteiger partial charge >= 0.3 is 0 Å². The van der Waals surface area contributed by atoms with Crippen LogP contribution in [0.2, 0.25) is 0 Å². The zero-order chi connectivity index (χ0) is 49.3. The second kappa shape index (κ2) is 22.0. The highest BCUT2D eigenvalue weighted by atomic mass is 15.1. The van der Waals surface area contributed by atoms with E-state index in [-0.39, 0.29) is 0 Å². The fourth-order valence-corrected chi connectivity index (χ4v) is 11.3. The van der Waals surface area contributed by atoms with Crippen molar-refractivity contribution in [2.24, 2.45) is 0 Å². The van der Waals surface area contributed by atoms with Gasteiger partial charge < -0.3 is 9.80 Å². The Morgan fingerprint density at radius 2 is 0.806 bits per heavy atom. The molecule has 0 aromatic heterocycles. The molecule has 0 bridgehead atoms. The molecule has 72 heavy (non-hydrogen) atoms. The zero-order valence-corrected chi connectivity index (χ0v) is 42.4. The molecule has 12 rings (SSSR count). The molecule has 0 N–H and O–H groups in total. The van der Waals surface area contributed by atoms with E-state index in [1.54, 1.807) is 0 Å². The van der Waals surface area contributed by atoms with Crippen LogP contribution in [0.3, 0.4) is 0 Å². The average molecular weight is 935 g/mol. The topological polar surface area (TPSA) is 6.48 Å². The van der Waals surface area contributed by atoms with Crippen LogP contribution in [0, 0.1) is 6.92 Å². The van der Waals surface area contributed by atoms with Crippen molar-refractivity contribution >= 4 is 47.1 Å². The van der Waals surface area contributed by atoms with Gasteiger partial charge in [-0.05, 0) is 165 Å². The van der Waals surface area contributed by atoms with Crippen LogP contribution >= 0.6 is 0 Å². The molecule has 1 aliphatic carbocycles. The number of anilines is 4. The molecule has 356 valence electrons. The summed E-state index contributed by atoms with van der Waals surface area (Å²) in [5.74, 6) is 0. The molecule has 9 aromatic carbocycles. The lowest BCUT2D eigenvalue weighted by Crippen LogP contribution is -2.28. The lowest BCUT2D eigenvalue weighted by Gasteiger charge is -2.34. The van der Waals surface area contributed by atoms with Gasteiger partial charge in [0.2, 0.25) is 0 Å². The minimum Gasteiger partial charge on any atom is -0.341 e. The predicted octanol–water partition coefficient (Wildman–Crippen LogP) is 18.1. The third-order valence-corrected chi connectivity index (χ3v) is 14.8. The first-order chi connectivity index (χ1) is 35.6. The largest absolute Gasteiger partial charge is 0.341 e. The number of aryl methyl sites for hydroxylation is 4. The third kappa shape index (κ3) is 9.62. The maximum absolute atomic E-state index is 2.46. The Bertz CT molecular complexity index is 3100. The molecule has 9 aromatic rings. The van der Waals surface area contributed by atoms with Crippen molar-refractivity contribution in [3.8, 4) is 11.1 Å². The molecule has 2 heterocycles. The molecule has 0 amide bonds. The van der Waals surface area contributed by atoms with Gasteiger partial charge in [0.25, 0.3) is 0 Å². The Morgan fingerprint density at radius 3 is 1.24 bits per heavy atom. The highest BCUT2D eigenvalue weighted by Crippen LogP contribution is 2.56. The third-order valence-electron chi connectivity index (χ3n) is 14.8. The summed E-state index contributed by atoms with van der Waals surface area (Å²) in [5, 5.41) is 0. The van der Waals surface area contributed by atoms with E-state index in [1.807, 2.05) is 13.8 Å². The van der Waals surface area contributed by atoms with Gasteiger partial charge in [-0.2, -0.15) is 0 Å². The molecule has 0 saturated carbocycles. The summed E-state index contributed by atoms with van der Waals surface area (Å²) >= 11 is 0. The van der Waals surface area contributed by atoms with Gasteiger partial charge in [-0.1, -0.05) is 215 Å². The molecule has 3 aliphatic rings. The van der Waals surface area contributed by atoms with Crippen LogP contribution < -0.4 is 9.80 Å². The highest BCUT2D eigenvalue weighted by molar-refractivity contribution is 5.89. The summed E-state index contributed by atoms with van der Waals surface area (Å²) in [5.41, 5.74) is 22.9. The summed E-state index contributed by atoms with van der Waals surface area (Å²) in [6, 6.07) is 80.6. The summed E-state index contributed by atoms with van der Waals surface area (Å²) < 4.78 is 0. The number of benzene rings is 9. The summed E-state index contributed by atoms with van der Waals surface area (Å²) in [4.78, 5) is 4.93. The number of para-hydroxylation sites is 2. The number of nitrogens with zero attached hydrogens (tertiary/aromatic N) is 2. The first-order valence-corrected chi connectivity index (χ1v) is 26.3. The second-order valence-corrected chi connectivity index (χ2v) is 19.0. The van der Waals surface area contributed by atoms with Crippen molar-refractivity contribution in [3.63, 3.8) is 0 Å². The van der Waals surface area contributed by atoms with Crippen molar-refractivity contribution in [2.45, 2.75) is 65.2 Å². The Hall–Kier alpha value is -7.94. The van der Waals surface area contributed by atoms with Crippen molar-refractivity contribution in [1.82, 2.24) is 0 Å². The van der Waals surface area contributed by atoms with Crippen molar-refractivity contribution in [1.29, 1.82) is 0 Å². The van der Waals surface area contributed by atoms with Crippen molar-refractivity contribution in [3.05, 3.63) is 285 Å². The number of hydrogen-bond acceptors (Lipinski definition) is 2. The zero-order valence-electron chi connectivity index (χ0n) is 42.4. The average Bonchev–Trinajstić information content (AvgIpc) is 3.75. The van der Waals surface area contributed by atoms with Crippen LogP contribution in [0.4, 0.5) is 22.7 Å². The molecule has 0 unspecified atom stereocenters. The number of hydrogen-bond donors (Lipinski definition) is 0. The van der Waals surface area contributed by atoms with E-state index < -0.39 is 5.41 Å². The Morgan fingerprint density at radius 1 is 0.417 bits per heavy atom. The van der Waals surface area contributed by atoms with Crippen LogP contribution in [0.1, 0.15) is 100 Å². The summed E-state index contributed by atoms with van der Waals surface area (Å²) in [6.45, 7) is 10.4. The molecule has 2 heteroatoms. The van der Waals surface area contributed by atoms with E-state index >= 15 is 0 Å². The molecule has 0 atom stereocenters. The van der Waals surface area contributed by atoms with Gasteiger partial charge in [0.15, 0.2) is 0 Å². The maximum atomic E-state index is 2.46. The molecule has 0 fully saturated rings. The molecule has 0 radical (unpaired) electrons. The van der Waals surface area contributed by atoms with Gasteiger partial charge in [-0.15, -0.1) is 0 Å². The van der Waals surface area contributed by atoms with E-state index in [0.717, 1.165) is 32.4 Å². The Balaban J connectivity index is 0.000000487. The molecule has 2 aliphatic heterocycles. The smallest absolute Gasteiger partial charge is 0.0713 e. The Labute approximate surface area is 429 Å². The lowest BCUT2D eigenvalue weighted by molar-refractivity contribution is 0.767. The first kappa shape index (κ1) is 47.7. The maximum Gasteiger partial charge on any atom is 0.0713 e. The van der Waals surface area contributed by atoms with Gasteiger partial charge in [0, 0.05) is 35.8 Å². The standard InChI is InChI=1S/C59H48N2.C9H12.C2H6/c1-3-17-49(18-4-1)59(50-19-5-2-6-20-50)55-41-45(25-23-43-27-33-51(34-28-43)60-39-11-15-47-13-7-9-21-57(47)60)31-37-53(55)54-38-32-46(42-56(54)59)26-24-44-29-35-52(36-30-44)61-40-12-16-48-14-8-10-22-58(48)61;1-3-9-7-5-4-6-8(9)2;1-2/h1-10,13-14,17-38,41-42H,11-12,15-16,39-40H2;4-7H,3H2,1-2H3;1-2H3/b25-23+,26-24+;;. The molecule has 0 spiro atoms. The second-order valence-electron chi connectivity index (χ2n) is 19.0. The minimum atomic E-state index is -0.486. The summed E-state index contributed by atoms with van der Waals surface area (Å²) in [7, 11) is 0. The van der Waals surface area contributed by atoms with Crippen LogP contribution in [0.5, 0.6) is 0 Å². The van der Waals surface area contributed by atoms with Crippen LogP contribution in [-0.4, -0.2) is 13.1 Å². The highest BCUT2D eigenvalue weighted by Gasteiger charge is 2.46. The number of fused-ring (bicyclic) bond motifs is 5. The van der Waals surface area contributed by atoms with Crippen LogP contribution in [0.25, 0.3) is 35.4 Å². The summed E-state index contributed by atoms with van der Waals surface area (Å²) in [6.07, 6.45) is 14.9. The number of rotatable bonds is 9. The minimum absolute atomic E-state index is 0.486. The SMILES string of the molecule is C(=C\c1ccc2c(c1)C(c1ccccc1)(c1ccccc1)c1cc(/C=C/c3ccc(N4CCCc5ccccc54)cc3)ccc1-2)/c1ccc(N2CCCc3ccccc32)cc1.CC.CCc1ccccc1C. The van der Waals surface area contributed by atoms with Gasteiger partial charge in [0.1, 0.15) is 0 Å². The predicted molar refractivity (Wildman–Crippen MR) is 310 cm³/mol. The molecular weight excluding hydrogens is 869 g/mol. The fraction of sp³-hybridized carbons (Fsp3) is 0.171. The fourth-order valence-electron chi connectivity index (χ4n) is 11.3. The monoisotopic (exact) mass is 935 g/mol. The van der Waals surface area contributed by atoms with Gasteiger partial charge in [-0.25, -0.2) is 0 Å². The molecule has 2 nitrogen and oxygen atoms in total. The Kier molecular flexibility index (Phi) is 14.6. The van der Waals surface area contributed by atoms with Crippen LogP contribution in [0.15, 0.2) is 218 Å². The van der Waals surface area contributed by atoms with Crippen LogP contribution in [-0.2, 0) is 24.7 Å². The molecule has 0 saturated heterocycles. The van der Waals surface area contributed by atoms with Crippen molar-refractivity contribution in [2.75, 3.05) is 22.9 Å². The normalized spacial score (nSPS) is 14.1. The van der Waals surface area contributed by atoms with E-state index in [1.165, 1.54) is 113 Å². The van der Waals surface area contributed by atoms with E-state index in [9.17, 15) is 0 Å². The van der Waals surface area contributed by atoms with Crippen molar-refractivity contribution < 1.29 is 0 Å². The molecular formula is C70H66N2. The first-order valence-electron chi connectivity index (χ1n) is 26.3. The van der Waals surface area contributed by atoms with E-state index in [0.29, 0.717) is 0 Å². The van der Waals surface area contributed by atoms with E-state index in [4.69, 9.17) is 0 Å². The quantitative estimate of drug-likeness (QED) is 0.133. The van der Waals surface area contributed by atoms with Gasteiger partial charge in [-0.3, -0.25) is 0 Å². The van der Waals surface area contributed by atoms with E-state index in [2.05, 4.69) is 266 Å².